The van der Waals surface area contributed by atoms with Crippen LogP contribution in [0.2, 0.25) is 0 Å². The van der Waals surface area contributed by atoms with Gasteiger partial charge in [0.25, 0.3) is 0 Å². The molecule has 0 N–H and O–H groups in total. The zero-order chi connectivity index (χ0) is 29.9. The van der Waals surface area contributed by atoms with Gasteiger partial charge in [-0.25, -0.2) is 4.39 Å². The van der Waals surface area contributed by atoms with E-state index >= 15 is 0 Å². The van der Waals surface area contributed by atoms with Crippen molar-refractivity contribution < 1.29 is 83.8 Å². The first-order chi connectivity index (χ1) is 16.0. The van der Waals surface area contributed by atoms with Gasteiger partial charge in [0.05, 0.1) is 12.0 Å². The van der Waals surface area contributed by atoms with Crippen LogP contribution in [0.4, 0.5) is 79.0 Å². The Labute approximate surface area is 194 Å². The summed E-state index contributed by atoms with van der Waals surface area (Å²) in [7, 11) is 0.390. The molecule has 0 amide bonds. The Balaban J connectivity index is 3.69. The van der Waals surface area contributed by atoms with E-state index in [2.05, 4.69) is 4.74 Å². The normalized spacial score (nSPS) is 17.1. The van der Waals surface area contributed by atoms with Gasteiger partial charge in [-0.05, 0) is 13.0 Å². The van der Waals surface area contributed by atoms with Gasteiger partial charge in [0.15, 0.2) is 0 Å². The summed E-state index contributed by atoms with van der Waals surface area (Å²) in [4.78, 5) is 0. The summed E-state index contributed by atoms with van der Waals surface area (Å²) in [5.41, 5.74) is -4.25. The van der Waals surface area contributed by atoms with Crippen molar-refractivity contribution in [3.63, 3.8) is 0 Å². The van der Waals surface area contributed by atoms with Gasteiger partial charge in [-0.1, -0.05) is 18.2 Å². The van der Waals surface area contributed by atoms with E-state index in [0.29, 0.717) is 26.2 Å². The summed E-state index contributed by atoms with van der Waals surface area (Å²) in [5, 5.41) is 0. The first kappa shape index (κ1) is 32.9. The largest absolute Gasteiger partial charge is 0.460 e. The van der Waals surface area contributed by atoms with E-state index in [1.165, 1.54) is 0 Å². The molecule has 0 spiro atoms. The van der Waals surface area contributed by atoms with E-state index in [4.69, 9.17) is 0 Å². The molecular weight excluding hydrogens is 574 g/mol. The van der Waals surface area contributed by atoms with Gasteiger partial charge >= 0.3 is 47.6 Å². The van der Waals surface area contributed by atoms with Crippen LogP contribution in [-0.4, -0.2) is 54.7 Å². The number of hydrogen-bond donors (Lipinski definition) is 0. The minimum Gasteiger partial charge on any atom is -0.373 e. The molecule has 216 valence electrons. The molecule has 0 saturated heterocycles. The van der Waals surface area contributed by atoms with Gasteiger partial charge in [0.1, 0.15) is 5.82 Å². The van der Waals surface area contributed by atoms with Crippen LogP contribution < -0.4 is 0 Å². The Morgan fingerprint density at radius 1 is 0.568 bits per heavy atom. The summed E-state index contributed by atoms with van der Waals surface area (Å²) in [6.45, 7) is 0.304. The lowest BCUT2D eigenvalue weighted by molar-refractivity contribution is -0.462. The van der Waals surface area contributed by atoms with Gasteiger partial charge in [0.2, 0.25) is 0 Å². The molecule has 0 fully saturated rings. The lowest BCUT2D eigenvalue weighted by atomic mass is 9.83. The van der Waals surface area contributed by atoms with Gasteiger partial charge in [0, 0.05) is 12.7 Å². The molecule has 0 saturated carbocycles. The van der Waals surface area contributed by atoms with E-state index in [-0.39, 0.29) is 0 Å². The van der Waals surface area contributed by atoms with Crippen molar-refractivity contribution in [3.05, 3.63) is 35.6 Å². The minimum atomic E-state index is -8.71. The lowest BCUT2D eigenvalue weighted by Gasteiger charge is -2.44. The Kier molecular flexibility index (Phi) is 8.01. The Hall–Kier alpha value is -2.08. The molecule has 0 aliphatic rings. The highest BCUT2D eigenvalue weighted by Gasteiger charge is 2.95. The third-order valence-corrected chi connectivity index (χ3v) is 5.24. The smallest absolute Gasteiger partial charge is 0.373 e. The first-order valence-electron chi connectivity index (χ1n) is 9.05. The zero-order valence-corrected chi connectivity index (χ0v) is 17.7. The maximum atomic E-state index is 14.3. The van der Waals surface area contributed by atoms with Crippen LogP contribution in [0.1, 0.15) is 18.9 Å². The summed E-state index contributed by atoms with van der Waals surface area (Å²) in [5.74, 6) is -58.7. The highest BCUT2D eigenvalue weighted by Crippen LogP contribution is 2.64. The van der Waals surface area contributed by atoms with Gasteiger partial charge < -0.3 is 4.74 Å². The average molecular weight is 586 g/mol. The van der Waals surface area contributed by atoms with Crippen LogP contribution in [0.3, 0.4) is 0 Å². The third kappa shape index (κ3) is 4.57. The maximum Gasteiger partial charge on any atom is 0.460 e. The van der Waals surface area contributed by atoms with Crippen LogP contribution in [0, 0.1) is 5.82 Å². The number of rotatable bonds is 10. The fourth-order valence-corrected chi connectivity index (χ4v) is 2.90. The molecule has 19 heteroatoms. The van der Waals surface area contributed by atoms with Crippen molar-refractivity contribution in [2.24, 2.45) is 0 Å². The van der Waals surface area contributed by atoms with Crippen LogP contribution >= 0.6 is 0 Å². The number of ether oxygens (including phenoxy) is 1. The van der Waals surface area contributed by atoms with E-state index in [1.807, 2.05) is 0 Å². The molecule has 37 heavy (non-hydrogen) atoms. The summed E-state index contributed by atoms with van der Waals surface area (Å²) in [6.07, 6.45) is -10.8. The molecule has 1 aromatic rings. The van der Waals surface area contributed by atoms with Gasteiger partial charge in [-0.2, -0.15) is 74.6 Å². The fraction of sp³-hybridized carbons (Fsp3) is 0.667. The minimum absolute atomic E-state index is 0.304. The van der Waals surface area contributed by atoms with Crippen molar-refractivity contribution in [2.45, 2.75) is 66.6 Å². The second-order valence-corrected chi connectivity index (χ2v) is 7.74. The standard InChI is InChI=1S/C18H12F18O/c1-10(37-2,8-5-3-4-6-9(8)19)7-11(20,21)12(22,23)13(24,25)14(26,27)15(28,29)16(30,31)17(32,33)18(34,35)36/h3-6H,7H2,1-2H3. The molecule has 1 unspecified atom stereocenters. The molecule has 1 atom stereocenters. The predicted octanol–water partition coefficient (Wildman–Crippen LogP) is 8.09. The van der Waals surface area contributed by atoms with E-state index in [9.17, 15) is 79.0 Å². The van der Waals surface area contributed by atoms with Crippen molar-refractivity contribution in [1.29, 1.82) is 0 Å². The van der Waals surface area contributed by atoms with Crippen molar-refractivity contribution in [1.82, 2.24) is 0 Å². The summed E-state index contributed by atoms with van der Waals surface area (Å²) < 4.78 is 246. The molecule has 1 nitrogen and oxygen atoms in total. The van der Waals surface area contributed by atoms with Gasteiger partial charge in [-0.15, -0.1) is 0 Å². The van der Waals surface area contributed by atoms with Crippen molar-refractivity contribution in [2.75, 3.05) is 7.11 Å². The van der Waals surface area contributed by atoms with Crippen LogP contribution in [-0.2, 0) is 10.3 Å². The number of halogens is 18. The predicted molar refractivity (Wildman–Crippen MR) is 86.1 cm³/mol. The monoisotopic (exact) mass is 586 g/mol. The van der Waals surface area contributed by atoms with Crippen LogP contribution in [0.5, 0.6) is 0 Å². The first-order valence-corrected chi connectivity index (χ1v) is 9.05. The Morgan fingerprint density at radius 2 is 0.919 bits per heavy atom. The number of methoxy groups -OCH3 is 1. The lowest BCUT2D eigenvalue weighted by Crippen LogP contribution is -2.74. The average Bonchev–Trinajstić information content (AvgIpc) is 2.71. The SMILES string of the molecule is COC(C)(CC(F)(F)C(F)(F)C(F)(F)C(F)(F)C(F)(F)C(F)(F)C(F)(F)C(F)(F)F)c1ccccc1F. The molecular formula is C18H12F18O. The van der Waals surface area contributed by atoms with E-state index in [0.717, 1.165) is 12.1 Å². The summed E-state index contributed by atoms with van der Waals surface area (Å²) in [6, 6.07) is 2.80. The maximum absolute atomic E-state index is 14.3. The topological polar surface area (TPSA) is 9.23 Å². The zero-order valence-electron chi connectivity index (χ0n) is 17.7. The number of hydrogen-bond acceptors (Lipinski definition) is 1. The Bertz CT molecular complexity index is 966. The molecule has 0 aliphatic carbocycles. The van der Waals surface area contributed by atoms with Crippen molar-refractivity contribution >= 4 is 0 Å². The molecule has 0 aliphatic heterocycles. The highest BCUT2D eigenvalue weighted by atomic mass is 19.4. The van der Waals surface area contributed by atoms with E-state index in [1.54, 1.807) is 0 Å². The molecule has 0 radical (unpaired) electrons. The molecule has 0 heterocycles. The van der Waals surface area contributed by atoms with Gasteiger partial charge in [-0.3, -0.25) is 0 Å². The number of benzene rings is 1. The molecule has 0 aromatic heterocycles. The second kappa shape index (κ2) is 9.00. The number of alkyl halides is 17. The quantitative estimate of drug-likeness (QED) is 0.252. The molecule has 0 bridgehead atoms. The van der Waals surface area contributed by atoms with E-state index < -0.39 is 71.0 Å². The third-order valence-electron chi connectivity index (χ3n) is 5.24. The second-order valence-electron chi connectivity index (χ2n) is 7.74. The van der Waals surface area contributed by atoms with Crippen molar-refractivity contribution in [3.8, 4) is 0 Å². The fourth-order valence-electron chi connectivity index (χ4n) is 2.90. The summed E-state index contributed by atoms with van der Waals surface area (Å²) >= 11 is 0. The van der Waals surface area contributed by atoms with Crippen LogP contribution in [0.25, 0.3) is 0 Å². The highest BCUT2D eigenvalue weighted by molar-refractivity contribution is 5.25. The molecule has 1 aromatic carbocycles. The molecule has 1 rings (SSSR count). The Morgan fingerprint density at radius 3 is 1.27 bits per heavy atom. The van der Waals surface area contributed by atoms with Crippen LogP contribution in [0.15, 0.2) is 24.3 Å².